The van der Waals surface area contributed by atoms with Crippen LogP contribution >= 0.6 is 11.8 Å². The van der Waals surface area contributed by atoms with E-state index in [0.717, 1.165) is 18.7 Å². The highest BCUT2D eigenvalue weighted by molar-refractivity contribution is 8.00. The highest BCUT2D eigenvalue weighted by Gasteiger charge is 2.10. The van der Waals surface area contributed by atoms with E-state index < -0.39 is 0 Å². The Balaban J connectivity index is 3.47. The molecule has 0 aromatic heterocycles. The van der Waals surface area contributed by atoms with Crippen LogP contribution in [0.2, 0.25) is 0 Å². The molecule has 3 N–H and O–H groups in total. The van der Waals surface area contributed by atoms with Crippen LogP contribution in [-0.4, -0.2) is 30.0 Å². The van der Waals surface area contributed by atoms with E-state index in [-0.39, 0.29) is 11.2 Å². The van der Waals surface area contributed by atoms with Crippen LogP contribution in [0.4, 0.5) is 0 Å². The van der Waals surface area contributed by atoms with Crippen LogP contribution < -0.4 is 11.1 Å². The Hall–Kier alpha value is -0.220. The fraction of sp³-hybridized carbons (Fsp3) is 0.875. The van der Waals surface area contributed by atoms with Gasteiger partial charge in [0.1, 0.15) is 0 Å². The Labute approximate surface area is 78.5 Å². The summed E-state index contributed by atoms with van der Waals surface area (Å²) in [6.07, 6.45) is 0.986. The Morgan fingerprint density at radius 2 is 2.33 bits per heavy atom. The molecule has 0 aliphatic carbocycles. The van der Waals surface area contributed by atoms with Crippen molar-refractivity contribution in [2.75, 3.05) is 18.8 Å². The molecular weight excluding hydrogens is 172 g/mol. The summed E-state index contributed by atoms with van der Waals surface area (Å²) in [5.41, 5.74) is 5.32. The SMILES string of the molecule is CCCNC(=O)C(C)SCCN. The van der Waals surface area contributed by atoms with Gasteiger partial charge in [-0.3, -0.25) is 4.79 Å². The highest BCUT2D eigenvalue weighted by Crippen LogP contribution is 2.08. The predicted octanol–water partition coefficient (Wildman–Crippen LogP) is 0.593. The summed E-state index contributed by atoms with van der Waals surface area (Å²) in [4.78, 5) is 11.2. The molecule has 0 fully saturated rings. The third-order valence-corrected chi connectivity index (χ3v) is 2.59. The number of hydrogen-bond acceptors (Lipinski definition) is 3. The molecule has 1 unspecified atom stereocenters. The van der Waals surface area contributed by atoms with E-state index >= 15 is 0 Å². The van der Waals surface area contributed by atoms with Gasteiger partial charge in [-0.1, -0.05) is 6.92 Å². The second-order valence-corrected chi connectivity index (χ2v) is 4.04. The maximum Gasteiger partial charge on any atom is 0.232 e. The molecule has 1 atom stereocenters. The van der Waals surface area contributed by atoms with Gasteiger partial charge in [-0.2, -0.15) is 0 Å². The lowest BCUT2D eigenvalue weighted by Gasteiger charge is -2.10. The molecule has 4 heteroatoms. The van der Waals surface area contributed by atoms with Crippen LogP contribution in [0.3, 0.4) is 0 Å². The van der Waals surface area contributed by atoms with E-state index in [9.17, 15) is 4.79 Å². The zero-order chi connectivity index (χ0) is 9.40. The maximum atomic E-state index is 11.2. The number of nitrogens with one attached hydrogen (secondary N) is 1. The van der Waals surface area contributed by atoms with Gasteiger partial charge in [0.2, 0.25) is 5.91 Å². The van der Waals surface area contributed by atoms with E-state index in [2.05, 4.69) is 5.32 Å². The van der Waals surface area contributed by atoms with Crippen LogP contribution in [0, 0.1) is 0 Å². The van der Waals surface area contributed by atoms with Crippen molar-refractivity contribution in [3.8, 4) is 0 Å². The molecular formula is C8H18N2OS. The smallest absolute Gasteiger partial charge is 0.232 e. The Kier molecular flexibility index (Phi) is 7.29. The van der Waals surface area contributed by atoms with Gasteiger partial charge in [-0.25, -0.2) is 0 Å². The zero-order valence-electron chi connectivity index (χ0n) is 7.80. The molecule has 0 heterocycles. The minimum atomic E-state index is 0.0279. The lowest BCUT2D eigenvalue weighted by atomic mass is 10.4. The number of hydrogen-bond donors (Lipinski definition) is 2. The standard InChI is InChI=1S/C8H18N2OS/c1-3-5-10-8(11)7(2)12-6-4-9/h7H,3-6,9H2,1-2H3,(H,10,11). The first-order valence-electron chi connectivity index (χ1n) is 4.31. The maximum absolute atomic E-state index is 11.2. The molecule has 0 saturated heterocycles. The van der Waals surface area contributed by atoms with Gasteiger partial charge >= 0.3 is 0 Å². The molecule has 0 rings (SSSR count). The fourth-order valence-corrected chi connectivity index (χ4v) is 1.44. The van der Waals surface area contributed by atoms with Crippen molar-refractivity contribution in [1.82, 2.24) is 5.32 Å². The molecule has 72 valence electrons. The lowest BCUT2D eigenvalue weighted by molar-refractivity contribution is -0.120. The molecule has 0 spiro atoms. The Morgan fingerprint density at radius 1 is 1.67 bits per heavy atom. The number of carbonyl (C=O) groups is 1. The van der Waals surface area contributed by atoms with Gasteiger partial charge < -0.3 is 11.1 Å². The lowest BCUT2D eigenvalue weighted by Crippen LogP contribution is -2.31. The second-order valence-electron chi connectivity index (χ2n) is 2.59. The topological polar surface area (TPSA) is 55.1 Å². The summed E-state index contributed by atoms with van der Waals surface area (Å²) in [5.74, 6) is 0.969. The van der Waals surface area contributed by atoms with Gasteiger partial charge in [0.25, 0.3) is 0 Å². The third kappa shape index (κ3) is 5.43. The number of nitrogens with two attached hydrogens (primary N) is 1. The van der Waals surface area contributed by atoms with Crippen molar-refractivity contribution in [1.29, 1.82) is 0 Å². The summed E-state index contributed by atoms with van der Waals surface area (Å²) in [6, 6.07) is 0. The van der Waals surface area contributed by atoms with E-state index in [1.807, 2.05) is 13.8 Å². The van der Waals surface area contributed by atoms with Gasteiger partial charge in [-0.05, 0) is 13.3 Å². The van der Waals surface area contributed by atoms with E-state index in [4.69, 9.17) is 5.73 Å². The fourth-order valence-electron chi connectivity index (χ4n) is 0.712. The summed E-state index contributed by atoms with van der Waals surface area (Å²) in [5, 5.41) is 2.87. The molecule has 0 radical (unpaired) electrons. The molecule has 12 heavy (non-hydrogen) atoms. The van der Waals surface area contributed by atoms with Crippen molar-refractivity contribution in [2.45, 2.75) is 25.5 Å². The summed E-state index contributed by atoms with van der Waals surface area (Å²) in [6.45, 7) is 5.35. The quantitative estimate of drug-likeness (QED) is 0.644. The van der Waals surface area contributed by atoms with Gasteiger partial charge in [0.05, 0.1) is 5.25 Å². The Morgan fingerprint density at radius 3 is 2.83 bits per heavy atom. The summed E-state index contributed by atoms with van der Waals surface area (Å²) >= 11 is 1.60. The second kappa shape index (κ2) is 7.43. The van der Waals surface area contributed by atoms with Gasteiger partial charge in [-0.15, -0.1) is 11.8 Å². The molecule has 3 nitrogen and oxygen atoms in total. The molecule has 1 amide bonds. The Bertz CT molecular complexity index is 130. The molecule has 0 bridgehead atoms. The minimum absolute atomic E-state index is 0.0279. The van der Waals surface area contributed by atoms with Crippen molar-refractivity contribution < 1.29 is 4.79 Å². The zero-order valence-corrected chi connectivity index (χ0v) is 8.62. The average molecular weight is 190 g/mol. The first-order valence-corrected chi connectivity index (χ1v) is 5.36. The van der Waals surface area contributed by atoms with Crippen LogP contribution in [0.1, 0.15) is 20.3 Å². The van der Waals surface area contributed by atoms with Gasteiger partial charge in [0, 0.05) is 18.8 Å². The van der Waals surface area contributed by atoms with Gasteiger partial charge in [0.15, 0.2) is 0 Å². The first-order chi connectivity index (χ1) is 5.72. The predicted molar refractivity (Wildman–Crippen MR) is 54.3 cm³/mol. The third-order valence-electron chi connectivity index (χ3n) is 1.40. The normalized spacial score (nSPS) is 12.6. The van der Waals surface area contributed by atoms with Crippen LogP contribution in [0.25, 0.3) is 0 Å². The highest BCUT2D eigenvalue weighted by atomic mass is 32.2. The number of thioether (sulfide) groups is 1. The van der Waals surface area contributed by atoms with Crippen molar-refractivity contribution in [3.63, 3.8) is 0 Å². The first kappa shape index (κ1) is 11.8. The van der Waals surface area contributed by atoms with E-state index in [0.29, 0.717) is 6.54 Å². The largest absolute Gasteiger partial charge is 0.355 e. The van der Waals surface area contributed by atoms with E-state index in [1.54, 1.807) is 11.8 Å². The average Bonchev–Trinajstić information content (AvgIpc) is 2.10. The number of carbonyl (C=O) groups excluding carboxylic acids is 1. The minimum Gasteiger partial charge on any atom is -0.355 e. The monoisotopic (exact) mass is 190 g/mol. The van der Waals surface area contributed by atoms with Crippen molar-refractivity contribution in [3.05, 3.63) is 0 Å². The summed E-state index contributed by atoms with van der Waals surface area (Å²) < 4.78 is 0. The molecule has 0 aliphatic rings. The summed E-state index contributed by atoms with van der Waals surface area (Å²) in [7, 11) is 0. The van der Waals surface area contributed by atoms with Crippen molar-refractivity contribution in [2.24, 2.45) is 5.73 Å². The van der Waals surface area contributed by atoms with Crippen LogP contribution in [0.5, 0.6) is 0 Å². The van der Waals surface area contributed by atoms with Crippen molar-refractivity contribution >= 4 is 17.7 Å². The van der Waals surface area contributed by atoms with Crippen LogP contribution in [0.15, 0.2) is 0 Å². The van der Waals surface area contributed by atoms with E-state index in [1.165, 1.54) is 0 Å². The number of amides is 1. The molecule has 0 aromatic rings. The van der Waals surface area contributed by atoms with Crippen LogP contribution in [-0.2, 0) is 4.79 Å². The number of rotatable bonds is 6. The molecule has 0 saturated carbocycles. The molecule has 0 aliphatic heterocycles. The molecule has 0 aromatic carbocycles.